The Morgan fingerprint density at radius 2 is 1.71 bits per heavy atom. The van der Waals surface area contributed by atoms with Crippen molar-refractivity contribution in [3.8, 4) is 21.7 Å². The van der Waals surface area contributed by atoms with Gasteiger partial charge in [0.05, 0.1) is 41.7 Å². The zero-order valence-corrected chi connectivity index (χ0v) is 32.5. The number of anilines is 1. The van der Waals surface area contributed by atoms with Crippen LogP contribution in [0, 0.1) is 18.8 Å². The van der Waals surface area contributed by atoms with Gasteiger partial charge in [0, 0.05) is 67.4 Å². The molecule has 52 heavy (non-hydrogen) atoms. The lowest BCUT2D eigenvalue weighted by Gasteiger charge is -2.33. The van der Waals surface area contributed by atoms with Gasteiger partial charge in [-0.25, -0.2) is 9.97 Å². The van der Waals surface area contributed by atoms with Gasteiger partial charge < -0.3 is 19.9 Å². The number of nitrogens with one attached hydrogen (secondary N) is 1. The molecule has 2 aliphatic heterocycles. The highest BCUT2D eigenvalue weighted by Gasteiger charge is 2.30. The third-order valence-electron chi connectivity index (χ3n) is 11.5. The Balaban J connectivity index is 1.04. The van der Waals surface area contributed by atoms with Crippen LogP contribution < -0.4 is 5.32 Å². The van der Waals surface area contributed by atoms with Gasteiger partial charge in [-0.2, -0.15) is 0 Å². The summed E-state index contributed by atoms with van der Waals surface area (Å²) in [5.74, 6) is 1.35. The van der Waals surface area contributed by atoms with Crippen LogP contribution in [0.25, 0.3) is 21.7 Å². The van der Waals surface area contributed by atoms with Gasteiger partial charge in [-0.1, -0.05) is 41.9 Å². The van der Waals surface area contributed by atoms with E-state index in [0.717, 1.165) is 88.1 Å². The van der Waals surface area contributed by atoms with E-state index in [-0.39, 0.29) is 11.8 Å². The Hall–Kier alpha value is -3.61. The number of thiazole rings is 1. The van der Waals surface area contributed by atoms with E-state index in [1.807, 2.05) is 47.8 Å². The molecule has 12 heteroatoms. The second-order valence-electron chi connectivity index (χ2n) is 15.2. The number of fused-ring (bicyclic) bond motifs is 2. The van der Waals surface area contributed by atoms with Crippen LogP contribution in [0.15, 0.2) is 36.4 Å². The first-order chi connectivity index (χ1) is 25.0. The number of hydrogen-bond donors (Lipinski definition) is 2. The van der Waals surface area contributed by atoms with Crippen molar-refractivity contribution in [1.82, 2.24) is 29.2 Å². The molecule has 3 aliphatic rings. The maximum Gasteiger partial charge on any atom is 0.291 e. The largest absolute Gasteiger partial charge is 0.396 e. The minimum absolute atomic E-state index is 0.125. The molecule has 0 unspecified atom stereocenters. The normalized spacial score (nSPS) is 19.0. The van der Waals surface area contributed by atoms with E-state index >= 15 is 0 Å². The van der Waals surface area contributed by atoms with E-state index in [2.05, 4.69) is 48.0 Å². The molecule has 1 saturated carbocycles. The Kier molecular flexibility index (Phi) is 10.9. The van der Waals surface area contributed by atoms with Gasteiger partial charge in [0.25, 0.3) is 5.91 Å². The maximum absolute atomic E-state index is 13.7. The summed E-state index contributed by atoms with van der Waals surface area (Å²) in [6.07, 6.45) is 5.41. The van der Waals surface area contributed by atoms with Gasteiger partial charge in [0.1, 0.15) is 5.01 Å². The average molecular weight is 744 g/mol. The van der Waals surface area contributed by atoms with Gasteiger partial charge in [-0.15, -0.1) is 11.3 Å². The smallest absolute Gasteiger partial charge is 0.291 e. The van der Waals surface area contributed by atoms with Crippen molar-refractivity contribution in [3.63, 3.8) is 0 Å². The number of carbonyl (C=O) groups is 2. The fraction of sp³-hybridized carbons (Fsp3) is 0.500. The molecular formula is C40H50ClN7O3S. The lowest BCUT2D eigenvalue weighted by Crippen LogP contribution is -2.38. The number of carbonyl (C=O) groups excluding carboxylic acids is 2. The molecule has 4 aromatic rings. The van der Waals surface area contributed by atoms with Crippen molar-refractivity contribution in [2.75, 3.05) is 38.6 Å². The number of amides is 2. The zero-order chi connectivity index (χ0) is 36.7. The second-order valence-corrected chi connectivity index (χ2v) is 16.7. The molecule has 276 valence electrons. The van der Waals surface area contributed by atoms with E-state index in [1.54, 1.807) is 11.3 Å². The van der Waals surface area contributed by atoms with Crippen LogP contribution in [-0.4, -0.2) is 85.5 Å². The van der Waals surface area contributed by atoms with Gasteiger partial charge in [-0.3, -0.25) is 19.4 Å². The molecule has 0 radical (unpaired) electrons. The number of halogens is 1. The van der Waals surface area contributed by atoms with Gasteiger partial charge >= 0.3 is 0 Å². The molecule has 2 aromatic heterocycles. The third-order valence-corrected chi connectivity index (χ3v) is 13.0. The van der Waals surface area contributed by atoms with Crippen LogP contribution in [-0.2, 0) is 37.9 Å². The highest BCUT2D eigenvalue weighted by Crippen LogP contribution is 2.41. The standard InChI is InChI=1S/C40H50ClN7O3S/c1-24(2)45(4)22-36(50)48-20-33-35(21-48)52-40(44-33)29-9-6-8-28(25(29)3)30-10-7-11-31(37(30)41)43-39(51)38-42-32-19-47(17-16-34(32)46(38)5)18-26-12-14-27(23-49)15-13-26/h6-11,24,26-27,49H,12-23H2,1-5H3,(H,43,51). The molecule has 0 saturated heterocycles. The molecule has 2 amide bonds. The number of nitrogens with zero attached hydrogens (tertiary/aromatic N) is 6. The molecule has 0 spiro atoms. The summed E-state index contributed by atoms with van der Waals surface area (Å²) in [7, 11) is 3.90. The van der Waals surface area contributed by atoms with Crippen molar-refractivity contribution in [2.24, 2.45) is 18.9 Å². The Labute approximate surface area is 315 Å². The molecule has 10 nitrogen and oxygen atoms in total. The van der Waals surface area contributed by atoms with E-state index in [1.165, 1.54) is 12.8 Å². The number of hydrogen-bond acceptors (Lipinski definition) is 8. The fourth-order valence-corrected chi connectivity index (χ4v) is 9.35. The lowest BCUT2D eigenvalue weighted by atomic mass is 9.82. The Morgan fingerprint density at radius 3 is 2.44 bits per heavy atom. The second kappa shape index (κ2) is 15.4. The predicted molar refractivity (Wildman–Crippen MR) is 207 cm³/mol. The van der Waals surface area contributed by atoms with Crippen LogP contribution >= 0.6 is 22.9 Å². The fourth-order valence-electron chi connectivity index (χ4n) is 7.90. The summed E-state index contributed by atoms with van der Waals surface area (Å²) in [6, 6.07) is 12.2. The summed E-state index contributed by atoms with van der Waals surface area (Å²) in [6.45, 7) is 10.8. The molecule has 0 bridgehead atoms. The highest BCUT2D eigenvalue weighted by atomic mass is 35.5. The quantitative estimate of drug-likeness (QED) is 0.185. The highest BCUT2D eigenvalue weighted by molar-refractivity contribution is 7.15. The summed E-state index contributed by atoms with van der Waals surface area (Å²) in [5.41, 5.74) is 7.48. The molecule has 2 aromatic carbocycles. The Bertz CT molecular complexity index is 1940. The number of likely N-dealkylation sites (N-methyl/N-ethyl adjacent to an activating group) is 1. The predicted octanol–water partition coefficient (Wildman–Crippen LogP) is 6.76. The van der Waals surface area contributed by atoms with Crippen molar-refractivity contribution < 1.29 is 14.7 Å². The number of imidazole rings is 1. The summed E-state index contributed by atoms with van der Waals surface area (Å²) in [5, 5.41) is 14.0. The van der Waals surface area contributed by atoms with Gasteiger partial charge in [0.2, 0.25) is 5.91 Å². The van der Waals surface area contributed by atoms with Crippen molar-refractivity contribution in [1.29, 1.82) is 0 Å². The van der Waals surface area contributed by atoms with Gasteiger partial charge in [-0.05, 0) is 82.5 Å². The molecule has 7 rings (SSSR count). The van der Waals surface area contributed by atoms with Crippen molar-refractivity contribution >= 4 is 40.4 Å². The number of aliphatic hydroxyl groups is 1. The number of rotatable bonds is 10. The monoisotopic (exact) mass is 743 g/mol. The minimum Gasteiger partial charge on any atom is -0.396 e. The molecule has 1 aliphatic carbocycles. The van der Waals surface area contributed by atoms with E-state index < -0.39 is 0 Å². The number of aliphatic hydroxyl groups excluding tert-OH is 1. The summed E-state index contributed by atoms with van der Waals surface area (Å²) in [4.78, 5) is 44.0. The third kappa shape index (κ3) is 7.43. The van der Waals surface area contributed by atoms with E-state index in [4.69, 9.17) is 21.6 Å². The number of benzene rings is 2. The molecule has 4 heterocycles. The zero-order valence-electron chi connectivity index (χ0n) is 30.9. The van der Waals surface area contributed by atoms with Crippen LogP contribution in [0.2, 0.25) is 5.02 Å². The van der Waals surface area contributed by atoms with Crippen LogP contribution in [0.4, 0.5) is 5.69 Å². The first kappa shape index (κ1) is 36.7. The van der Waals surface area contributed by atoms with Crippen molar-refractivity contribution in [3.05, 3.63) is 74.8 Å². The molecule has 0 atom stereocenters. The van der Waals surface area contributed by atoms with Crippen molar-refractivity contribution in [2.45, 2.75) is 78.6 Å². The average Bonchev–Trinajstić information content (AvgIpc) is 3.81. The first-order valence-corrected chi connectivity index (χ1v) is 19.7. The van der Waals surface area contributed by atoms with E-state index in [0.29, 0.717) is 60.7 Å². The van der Waals surface area contributed by atoms with E-state index in [9.17, 15) is 14.7 Å². The van der Waals surface area contributed by atoms with Crippen LogP contribution in [0.5, 0.6) is 0 Å². The van der Waals surface area contributed by atoms with Crippen LogP contribution in [0.3, 0.4) is 0 Å². The number of aromatic nitrogens is 3. The molecule has 2 N–H and O–H groups in total. The summed E-state index contributed by atoms with van der Waals surface area (Å²) < 4.78 is 1.93. The topological polar surface area (TPSA) is 107 Å². The van der Waals surface area contributed by atoms with Crippen LogP contribution in [0.1, 0.15) is 77.7 Å². The SMILES string of the molecule is Cc1c(-c2nc3c(s2)CN(C(=O)CN(C)C(C)C)C3)cccc1-c1cccc(NC(=O)c2nc3c(n2C)CCN(CC2CCC(CO)CC2)C3)c1Cl. The molecular weight excluding hydrogens is 694 g/mol. The molecule has 1 fully saturated rings. The first-order valence-electron chi connectivity index (χ1n) is 18.5. The lowest BCUT2D eigenvalue weighted by molar-refractivity contribution is -0.133. The Morgan fingerprint density at radius 1 is 1.00 bits per heavy atom. The summed E-state index contributed by atoms with van der Waals surface area (Å²) >= 11 is 8.71. The maximum atomic E-state index is 13.7. The minimum atomic E-state index is -0.282. The van der Waals surface area contributed by atoms with Gasteiger partial charge in [0.15, 0.2) is 5.82 Å².